The Hall–Kier alpha value is -5.52. The van der Waals surface area contributed by atoms with Gasteiger partial charge in [-0.3, -0.25) is 38.8 Å². The lowest BCUT2D eigenvalue weighted by atomic mass is 10.0. The van der Waals surface area contributed by atoms with E-state index in [1.54, 1.807) is 55.3 Å². The number of anilines is 5. The van der Waals surface area contributed by atoms with E-state index in [1.807, 2.05) is 29.2 Å². The first-order chi connectivity index (χ1) is 32.4. The Morgan fingerprint density at radius 2 is 1.57 bits per heavy atom. The highest BCUT2D eigenvalue weighted by Gasteiger charge is 2.45. The van der Waals surface area contributed by atoms with Gasteiger partial charge in [0.15, 0.2) is 5.82 Å². The lowest BCUT2D eigenvalue weighted by Crippen LogP contribution is -2.54. The number of aromatic nitrogens is 2. The van der Waals surface area contributed by atoms with Gasteiger partial charge in [-0.05, 0) is 61.4 Å². The number of para-hydroxylation sites is 1. The van der Waals surface area contributed by atoms with Gasteiger partial charge in [-0.1, -0.05) is 68.3 Å². The third-order valence-corrected chi connectivity index (χ3v) is 15.4. The van der Waals surface area contributed by atoms with E-state index in [1.165, 1.54) is 20.4 Å². The zero-order valence-electron chi connectivity index (χ0n) is 37.9. The topological polar surface area (TPSA) is 202 Å². The molecule has 3 aliphatic rings. The standard InChI is InChI=1S/C47H56ClN8O9PS/c1-63-37-29-31(20-21-34(37)51-47-49-30-33(48)43(53-47)50-35-16-11-12-17-38(35)66(62,64-2)65-3)54-24-26-55(27-25-54)41(58)19-10-8-6-4-5-7-9-13-28-67-39-18-14-15-32-42(39)46(61)56(45(32)60)36-22-23-40(57)52-44(36)59/h11-12,14-18,20-21,29-30,36H,4-10,13,19,22-28H2,1-3H3,(H,52,57,59)(H2,49,50,51,53). The van der Waals surface area contributed by atoms with Gasteiger partial charge in [0.2, 0.25) is 23.7 Å². The molecule has 0 aliphatic carbocycles. The Kier molecular flexibility index (Phi) is 16.9. The Bertz CT molecular complexity index is 2520. The molecule has 17 nitrogen and oxygen atoms in total. The fourth-order valence-electron chi connectivity index (χ4n) is 8.43. The van der Waals surface area contributed by atoms with Gasteiger partial charge in [0.05, 0.1) is 41.1 Å². The number of imide groups is 2. The summed E-state index contributed by atoms with van der Waals surface area (Å²) >= 11 is 8.02. The van der Waals surface area contributed by atoms with Crippen molar-refractivity contribution in [1.29, 1.82) is 0 Å². The van der Waals surface area contributed by atoms with Crippen molar-refractivity contribution in [3.63, 3.8) is 0 Å². The molecule has 0 saturated carbocycles. The van der Waals surface area contributed by atoms with Gasteiger partial charge in [0.1, 0.15) is 16.8 Å². The van der Waals surface area contributed by atoms with Gasteiger partial charge in [0.25, 0.3) is 11.8 Å². The predicted molar refractivity (Wildman–Crippen MR) is 258 cm³/mol. The molecule has 7 rings (SSSR count). The molecular weight excluding hydrogens is 919 g/mol. The smallest absolute Gasteiger partial charge is 0.362 e. The van der Waals surface area contributed by atoms with E-state index in [4.69, 9.17) is 25.4 Å². The number of nitrogens with one attached hydrogen (secondary N) is 3. The molecule has 3 aliphatic heterocycles. The van der Waals surface area contributed by atoms with Gasteiger partial charge in [-0.25, -0.2) is 4.98 Å². The molecule has 4 aromatic rings. The number of hydrogen-bond acceptors (Lipinski definition) is 15. The fraction of sp³-hybridized carbons (Fsp3) is 0.426. The predicted octanol–water partition coefficient (Wildman–Crippen LogP) is 8.09. The number of carbonyl (C=O) groups excluding carboxylic acids is 5. The second-order valence-electron chi connectivity index (χ2n) is 16.3. The van der Waals surface area contributed by atoms with Crippen LogP contribution in [0.15, 0.2) is 71.8 Å². The molecule has 67 heavy (non-hydrogen) atoms. The number of methoxy groups -OCH3 is 1. The lowest BCUT2D eigenvalue weighted by Gasteiger charge is -2.36. The second-order valence-corrected chi connectivity index (χ2v) is 20.1. The van der Waals surface area contributed by atoms with Crippen LogP contribution in [-0.2, 0) is 28.0 Å². The monoisotopic (exact) mass is 974 g/mol. The number of thioether (sulfide) groups is 1. The maximum atomic E-state index is 13.3. The number of carbonyl (C=O) groups is 5. The number of halogens is 1. The van der Waals surface area contributed by atoms with Crippen molar-refractivity contribution < 1.29 is 42.3 Å². The number of piperazine rings is 1. The van der Waals surface area contributed by atoms with E-state index >= 15 is 0 Å². The first-order valence-corrected chi connectivity index (χ1v) is 25.4. The molecule has 2 saturated heterocycles. The van der Waals surface area contributed by atoms with Crippen molar-refractivity contribution in [3.05, 3.63) is 83.0 Å². The molecule has 1 aromatic heterocycles. The normalized spacial score (nSPS) is 16.3. The maximum Gasteiger partial charge on any atom is 0.362 e. The van der Waals surface area contributed by atoms with E-state index in [-0.39, 0.29) is 35.5 Å². The molecule has 0 bridgehead atoms. The Labute approximate surface area is 399 Å². The first kappa shape index (κ1) is 49.4. The fourth-order valence-corrected chi connectivity index (χ4v) is 10.9. The molecule has 2 fully saturated rings. The quantitative estimate of drug-likeness (QED) is 0.0295. The van der Waals surface area contributed by atoms with Crippen molar-refractivity contribution in [2.45, 2.75) is 81.6 Å². The van der Waals surface area contributed by atoms with Crippen molar-refractivity contribution >= 4 is 94.6 Å². The van der Waals surface area contributed by atoms with Crippen LogP contribution >= 0.6 is 31.0 Å². The molecule has 4 heterocycles. The maximum absolute atomic E-state index is 13.3. The van der Waals surface area contributed by atoms with E-state index in [9.17, 15) is 28.5 Å². The van der Waals surface area contributed by atoms with Gasteiger partial charge in [-0.2, -0.15) is 4.98 Å². The summed E-state index contributed by atoms with van der Waals surface area (Å²) in [6.07, 6.45) is 10.6. The molecule has 0 spiro atoms. The number of piperidine rings is 1. The molecule has 356 valence electrons. The largest absolute Gasteiger partial charge is 0.494 e. The summed E-state index contributed by atoms with van der Waals surface area (Å²) in [7, 11) is 0.659. The van der Waals surface area contributed by atoms with Crippen LogP contribution < -0.4 is 30.9 Å². The highest BCUT2D eigenvalue weighted by molar-refractivity contribution is 7.99. The van der Waals surface area contributed by atoms with E-state index in [0.717, 1.165) is 72.6 Å². The van der Waals surface area contributed by atoms with Crippen LogP contribution in [0.25, 0.3) is 0 Å². The van der Waals surface area contributed by atoms with Crippen LogP contribution in [0.2, 0.25) is 5.02 Å². The highest BCUT2D eigenvalue weighted by Crippen LogP contribution is 2.47. The van der Waals surface area contributed by atoms with Crippen molar-refractivity contribution in [1.82, 2.24) is 25.1 Å². The van der Waals surface area contributed by atoms with Gasteiger partial charge >= 0.3 is 7.60 Å². The van der Waals surface area contributed by atoms with Crippen LogP contribution in [-0.4, -0.2) is 109 Å². The zero-order chi connectivity index (χ0) is 47.5. The van der Waals surface area contributed by atoms with Crippen molar-refractivity contribution in [2.24, 2.45) is 0 Å². The zero-order valence-corrected chi connectivity index (χ0v) is 40.4. The van der Waals surface area contributed by atoms with Gasteiger partial charge < -0.3 is 34.2 Å². The molecule has 5 amide bonds. The summed E-state index contributed by atoms with van der Waals surface area (Å²) < 4.78 is 29.3. The number of fused-ring (bicyclic) bond motifs is 1. The van der Waals surface area contributed by atoms with Gasteiger partial charge in [-0.15, -0.1) is 11.8 Å². The molecule has 20 heteroatoms. The van der Waals surface area contributed by atoms with Gasteiger partial charge in [0, 0.05) is 69.9 Å². The van der Waals surface area contributed by atoms with E-state index in [2.05, 4.69) is 30.8 Å². The third-order valence-electron chi connectivity index (χ3n) is 12.1. The number of amides is 5. The molecular formula is C47H56ClN8O9PS. The number of hydrogen-bond donors (Lipinski definition) is 3. The van der Waals surface area contributed by atoms with Crippen LogP contribution in [0.4, 0.5) is 28.8 Å². The summed E-state index contributed by atoms with van der Waals surface area (Å²) in [4.78, 5) is 78.5. The summed E-state index contributed by atoms with van der Waals surface area (Å²) in [6.45, 7) is 2.68. The number of nitrogens with zero attached hydrogens (tertiary/aromatic N) is 5. The number of unbranched alkanes of at least 4 members (excludes halogenated alkanes) is 7. The van der Waals surface area contributed by atoms with Crippen LogP contribution in [0.3, 0.4) is 0 Å². The Balaban J connectivity index is 0.779. The van der Waals surface area contributed by atoms with Crippen molar-refractivity contribution in [2.75, 3.05) is 68.8 Å². The molecule has 3 N–H and O–H groups in total. The average Bonchev–Trinajstić information content (AvgIpc) is 3.60. The van der Waals surface area contributed by atoms with E-state index in [0.29, 0.717) is 66.2 Å². The summed E-state index contributed by atoms with van der Waals surface area (Å²) in [5.41, 5.74) is 2.72. The molecule has 1 unspecified atom stereocenters. The minimum atomic E-state index is -3.58. The number of ether oxygens (including phenoxy) is 1. The SMILES string of the molecule is COc1cc(N2CCN(C(=O)CCCCCCCCCCSc3cccc4c3C(=O)N(C3CCC(=O)NC3=O)C4=O)CC2)ccc1Nc1ncc(Cl)c(Nc2ccccc2P(=O)(OC)OC)n1. The molecule has 3 aromatic carbocycles. The minimum absolute atomic E-state index is 0.0890. The molecule has 1 atom stereocenters. The summed E-state index contributed by atoms with van der Waals surface area (Å²) in [6, 6.07) is 17.0. The molecule has 0 radical (unpaired) electrons. The minimum Gasteiger partial charge on any atom is -0.494 e. The second kappa shape index (κ2) is 23.0. The van der Waals surface area contributed by atoms with Crippen LogP contribution in [0, 0.1) is 0 Å². The summed E-state index contributed by atoms with van der Waals surface area (Å²) in [5.74, 6) is 0.161. The lowest BCUT2D eigenvalue weighted by molar-refractivity contribution is -0.136. The van der Waals surface area contributed by atoms with Crippen molar-refractivity contribution in [3.8, 4) is 5.75 Å². The third kappa shape index (κ3) is 11.8. The van der Waals surface area contributed by atoms with Crippen LogP contribution in [0.1, 0.15) is 91.3 Å². The highest BCUT2D eigenvalue weighted by atomic mass is 35.5. The Morgan fingerprint density at radius 1 is 0.851 bits per heavy atom. The Morgan fingerprint density at radius 3 is 2.28 bits per heavy atom. The first-order valence-electron chi connectivity index (χ1n) is 22.5. The number of benzene rings is 3. The van der Waals surface area contributed by atoms with E-state index < -0.39 is 37.3 Å². The summed E-state index contributed by atoms with van der Waals surface area (Å²) in [5, 5.41) is 9.16. The average molecular weight is 976 g/mol. The van der Waals surface area contributed by atoms with Crippen LogP contribution in [0.5, 0.6) is 5.75 Å². The number of rotatable bonds is 22.